The number of rotatable bonds is 6. The molecule has 1 aliphatic rings. The molecule has 3 rings (SSSR count). The topological polar surface area (TPSA) is 78.2 Å². The fourth-order valence-corrected chi connectivity index (χ4v) is 2.55. The van der Waals surface area contributed by atoms with Crippen LogP contribution in [0, 0.1) is 0 Å². The smallest absolute Gasteiger partial charge is 0.375 e. The normalized spacial score (nSPS) is 15.3. The molecule has 1 atom stereocenters. The van der Waals surface area contributed by atoms with E-state index in [9.17, 15) is 9.59 Å². The van der Waals surface area contributed by atoms with E-state index in [1.807, 2.05) is 30.3 Å². The predicted molar refractivity (Wildman–Crippen MR) is 91.8 cm³/mol. The van der Waals surface area contributed by atoms with E-state index >= 15 is 0 Å². The van der Waals surface area contributed by atoms with Gasteiger partial charge in [0.25, 0.3) is 5.91 Å². The Morgan fingerprint density at radius 3 is 2.58 bits per heavy atom. The van der Waals surface area contributed by atoms with Crippen LogP contribution in [0.5, 0.6) is 5.75 Å². The fourth-order valence-electron chi connectivity index (χ4n) is 2.55. The summed E-state index contributed by atoms with van der Waals surface area (Å²) < 4.78 is 21.4. The van der Waals surface area contributed by atoms with E-state index in [-0.39, 0.29) is 18.3 Å². The minimum absolute atomic E-state index is 0.0401. The molecule has 0 radical (unpaired) electrons. The summed E-state index contributed by atoms with van der Waals surface area (Å²) in [5.41, 5.74) is 0. The Bertz CT molecular complexity index is 735. The molecule has 1 fully saturated rings. The Morgan fingerprint density at radius 1 is 1.12 bits per heavy atom. The highest BCUT2D eigenvalue weighted by Crippen LogP contribution is 2.15. The van der Waals surface area contributed by atoms with Crippen LogP contribution in [0.4, 0.5) is 0 Å². The number of nitrogens with zero attached hydrogens (tertiary/aromatic N) is 1. The number of esters is 1. The third kappa shape index (κ3) is 4.64. The van der Waals surface area contributed by atoms with Gasteiger partial charge in [0.05, 0.1) is 13.2 Å². The number of carbonyl (C=O) groups excluding carboxylic acids is 2. The maximum Gasteiger partial charge on any atom is 0.375 e. The van der Waals surface area contributed by atoms with Gasteiger partial charge in [0.1, 0.15) is 18.1 Å². The van der Waals surface area contributed by atoms with Gasteiger partial charge >= 0.3 is 5.97 Å². The standard InChI is InChI=1S/C19H21NO6/c1-14(18(21)20-9-11-23-12-10-20)25-19(22)17-8-7-16(26-17)13-24-15-5-3-2-4-6-15/h2-8,14H,9-13H2,1H3/t14-/m1/s1. The van der Waals surface area contributed by atoms with Crippen LogP contribution < -0.4 is 4.74 Å². The molecule has 7 heteroatoms. The molecule has 0 bridgehead atoms. The van der Waals surface area contributed by atoms with Gasteiger partial charge in [0, 0.05) is 13.1 Å². The van der Waals surface area contributed by atoms with Gasteiger partial charge in [-0.2, -0.15) is 0 Å². The number of hydrogen-bond acceptors (Lipinski definition) is 6. The number of hydrogen-bond donors (Lipinski definition) is 0. The first-order valence-electron chi connectivity index (χ1n) is 8.47. The highest BCUT2D eigenvalue weighted by molar-refractivity contribution is 5.90. The van der Waals surface area contributed by atoms with Gasteiger partial charge in [-0.1, -0.05) is 18.2 Å². The molecule has 0 saturated carbocycles. The van der Waals surface area contributed by atoms with Crippen molar-refractivity contribution in [2.75, 3.05) is 26.3 Å². The highest BCUT2D eigenvalue weighted by atomic mass is 16.6. The number of para-hydroxylation sites is 1. The maximum atomic E-state index is 12.3. The molecule has 0 N–H and O–H groups in total. The first-order chi connectivity index (χ1) is 12.6. The zero-order valence-corrected chi connectivity index (χ0v) is 14.6. The molecule has 1 aliphatic heterocycles. The van der Waals surface area contributed by atoms with Gasteiger partial charge in [-0.15, -0.1) is 0 Å². The van der Waals surface area contributed by atoms with Crippen molar-refractivity contribution in [3.8, 4) is 5.75 Å². The minimum Gasteiger partial charge on any atom is -0.486 e. The molecule has 1 aromatic heterocycles. The van der Waals surface area contributed by atoms with E-state index < -0.39 is 12.1 Å². The van der Waals surface area contributed by atoms with Gasteiger partial charge < -0.3 is 23.5 Å². The number of carbonyl (C=O) groups is 2. The molecule has 26 heavy (non-hydrogen) atoms. The Hall–Kier alpha value is -2.80. The number of benzene rings is 1. The molecule has 1 saturated heterocycles. The van der Waals surface area contributed by atoms with E-state index in [4.69, 9.17) is 18.6 Å². The molecular formula is C19H21NO6. The molecule has 7 nitrogen and oxygen atoms in total. The van der Waals surface area contributed by atoms with Crippen molar-refractivity contribution in [1.29, 1.82) is 0 Å². The van der Waals surface area contributed by atoms with Crippen LogP contribution in [-0.2, 0) is 20.9 Å². The summed E-state index contributed by atoms with van der Waals surface area (Å²) >= 11 is 0. The Labute approximate surface area is 151 Å². The van der Waals surface area contributed by atoms with Gasteiger partial charge in [-0.25, -0.2) is 4.79 Å². The third-order valence-electron chi connectivity index (χ3n) is 3.94. The second-order valence-electron chi connectivity index (χ2n) is 5.85. The average Bonchev–Trinajstić information content (AvgIpc) is 3.16. The molecule has 0 aliphatic carbocycles. The minimum atomic E-state index is -0.880. The molecule has 0 spiro atoms. The second kappa shape index (κ2) is 8.53. The predicted octanol–water partition coefficient (Wildman–Crippen LogP) is 2.26. The lowest BCUT2D eigenvalue weighted by atomic mass is 10.3. The van der Waals surface area contributed by atoms with E-state index in [0.29, 0.717) is 37.8 Å². The van der Waals surface area contributed by atoms with Crippen molar-refractivity contribution in [3.05, 3.63) is 54.0 Å². The Morgan fingerprint density at radius 2 is 1.85 bits per heavy atom. The summed E-state index contributed by atoms with van der Waals surface area (Å²) in [6, 6.07) is 12.5. The lowest BCUT2D eigenvalue weighted by Gasteiger charge is -2.28. The third-order valence-corrected chi connectivity index (χ3v) is 3.94. The number of furan rings is 1. The van der Waals surface area contributed by atoms with Crippen LogP contribution in [0.2, 0.25) is 0 Å². The van der Waals surface area contributed by atoms with E-state index in [1.165, 1.54) is 6.07 Å². The molecule has 1 aromatic carbocycles. The van der Waals surface area contributed by atoms with Crippen molar-refractivity contribution in [2.24, 2.45) is 0 Å². The van der Waals surface area contributed by atoms with Crippen molar-refractivity contribution in [3.63, 3.8) is 0 Å². The van der Waals surface area contributed by atoms with Crippen LogP contribution >= 0.6 is 0 Å². The summed E-state index contributed by atoms with van der Waals surface area (Å²) in [6.07, 6.45) is -0.880. The number of amides is 1. The van der Waals surface area contributed by atoms with Crippen LogP contribution in [-0.4, -0.2) is 49.2 Å². The van der Waals surface area contributed by atoms with E-state index in [0.717, 1.165) is 0 Å². The molecule has 2 aromatic rings. The van der Waals surface area contributed by atoms with Gasteiger partial charge in [0.2, 0.25) is 5.76 Å². The monoisotopic (exact) mass is 359 g/mol. The second-order valence-corrected chi connectivity index (χ2v) is 5.85. The maximum absolute atomic E-state index is 12.3. The van der Waals surface area contributed by atoms with Crippen LogP contribution in [0.15, 0.2) is 46.9 Å². The number of ether oxygens (including phenoxy) is 3. The molecule has 138 valence electrons. The highest BCUT2D eigenvalue weighted by Gasteiger charge is 2.26. The zero-order chi connectivity index (χ0) is 18.4. The zero-order valence-electron chi connectivity index (χ0n) is 14.6. The van der Waals surface area contributed by atoms with Crippen LogP contribution in [0.3, 0.4) is 0 Å². The first kappa shape index (κ1) is 18.0. The van der Waals surface area contributed by atoms with E-state index in [2.05, 4.69) is 0 Å². The lowest BCUT2D eigenvalue weighted by molar-refractivity contribution is -0.143. The summed E-state index contributed by atoms with van der Waals surface area (Å²) in [5, 5.41) is 0. The summed E-state index contributed by atoms with van der Waals surface area (Å²) in [7, 11) is 0. The Kier molecular flexibility index (Phi) is 5.91. The molecular weight excluding hydrogens is 338 g/mol. The van der Waals surface area contributed by atoms with E-state index in [1.54, 1.807) is 17.9 Å². The summed E-state index contributed by atoms with van der Waals surface area (Å²) in [6.45, 7) is 3.74. The lowest BCUT2D eigenvalue weighted by Crippen LogP contribution is -2.46. The Balaban J connectivity index is 1.51. The largest absolute Gasteiger partial charge is 0.486 e. The van der Waals surface area contributed by atoms with Gasteiger partial charge in [-0.3, -0.25) is 4.79 Å². The quantitative estimate of drug-likeness (QED) is 0.736. The van der Waals surface area contributed by atoms with Crippen molar-refractivity contribution < 1.29 is 28.2 Å². The SMILES string of the molecule is C[C@@H](OC(=O)c1ccc(COc2ccccc2)o1)C(=O)N1CCOCC1. The van der Waals surface area contributed by atoms with Crippen molar-refractivity contribution >= 4 is 11.9 Å². The summed E-state index contributed by atoms with van der Waals surface area (Å²) in [5.74, 6) is 0.329. The molecule has 0 unspecified atom stereocenters. The first-order valence-corrected chi connectivity index (χ1v) is 8.47. The average molecular weight is 359 g/mol. The van der Waals surface area contributed by atoms with Crippen LogP contribution in [0.25, 0.3) is 0 Å². The van der Waals surface area contributed by atoms with Crippen molar-refractivity contribution in [2.45, 2.75) is 19.6 Å². The fraction of sp³-hybridized carbons (Fsp3) is 0.368. The van der Waals surface area contributed by atoms with Gasteiger partial charge in [0.15, 0.2) is 6.10 Å². The molecule has 1 amide bonds. The van der Waals surface area contributed by atoms with Crippen molar-refractivity contribution in [1.82, 2.24) is 4.90 Å². The number of morpholine rings is 1. The van der Waals surface area contributed by atoms with Crippen LogP contribution in [0.1, 0.15) is 23.2 Å². The molecule has 2 heterocycles. The van der Waals surface area contributed by atoms with Gasteiger partial charge in [-0.05, 0) is 31.2 Å². The summed E-state index contributed by atoms with van der Waals surface area (Å²) in [4.78, 5) is 26.1.